The van der Waals surface area contributed by atoms with E-state index in [1.807, 2.05) is 25.1 Å². The lowest BCUT2D eigenvalue weighted by molar-refractivity contribution is 0.578. The molecule has 0 spiro atoms. The van der Waals surface area contributed by atoms with Crippen LogP contribution in [-0.2, 0) is 0 Å². The first-order chi connectivity index (χ1) is 12.1. The Hall–Kier alpha value is -3.37. The summed E-state index contributed by atoms with van der Waals surface area (Å²) in [7, 11) is 0. The van der Waals surface area contributed by atoms with Crippen LogP contribution >= 0.6 is 11.6 Å². The van der Waals surface area contributed by atoms with Crippen molar-refractivity contribution in [3.8, 4) is 28.8 Å². The molecule has 0 radical (unpaired) electrons. The zero-order chi connectivity index (χ0) is 17.6. The SMILES string of the molecule is Cc1ccoc1-c1nc(N)c(C#N)nc1-c1cc(Cl)c2[nH]ncc2c1. The van der Waals surface area contributed by atoms with E-state index in [1.54, 1.807) is 18.5 Å². The van der Waals surface area contributed by atoms with E-state index in [0.29, 0.717) is 27.7 Å². The second kappa shape index (κ2) is 5.61. The maximum absolute atomic E-state index is 9.26. The maximum Gasteiger partial charge on any atom is 0.183 e. The number of hydrogen-bond acceptors (Lipinski definition) is 6. The van der Waals surface area contributed by atoms with Gasteiger partial charge < -0.3 is 10.2 Å². The highest BCUT2D eigenvalue weighted by molar-refractivity contribution is 6.35. The van der Waals surface area contributed by atoms with Crippen LogP contribution in [0.1, 0.15) is 11.3 Å². The van der Waals surface area contributed by atoms with Gasteiger partial charge in [0.05, 0.1) is 23.0 Å². The summed E-state index contributed by atoms with van der Waals surface area (Å²) >= 11 is 6.33. The van der Waals surface area contributed by atoms with Gasteiger partial charge in [0.25, 0.3) is 0 Å². The van der Waals surface area contributed by atoms with Gasteiger partial charge in [-0.05, 0) is 30.7 Å². The number of aromatic amines is 1. The number of aromatic nitrogens is 4. The minimum Gasteiger partial charge on any atom is -0.462 e. The van der Waals surface area contributed by atoms with E-state index in [4.69, 9.17) is 21.8 Å². The normalized spacial score (nSPS) is 10.9. The number of halogens is 1. The van der Waals surface area contributed by atoms with Crippen LogP contribution in [0.2, 0.25) is 5.02 Å². The third-order valence-corrected chi connectivity index (χ3v) is 4.18. The number of H-pyrrole nitrogens is 1. The Balaban J connectivity index is 2.05. The van der Waals surface area contributed by atoms with Gasteiger partial charge >= 0.3 is 0 Å². The molecule has 0 aliphatic rings. The zero-order valence-electron chi connectivity index (χ0n) is 13.0. The van der Waals surface area contributed by atoms with Gasteiger partial charge in [-0.2, -0.15) is 10.4 Å². The lowest BCUT2D eigenvalue weighted by Crippen LogP contribution is -2.03. The van der Waals surface area contributed by atoms with E-state index in [0.717, 1.165) is 16.5 Å². The first-order valence-electron chi connectivity index (χ1n) is 7.33. The summed E-state index contributed by atoms with van der Waals surface area (Å²) in [5.41, 5.74) is 9.13. The first kappa shape index (κ1) is 15.2. The number of nitrogens with two attached hydrogens (primary N) is 1. The topological polar surface area (TPSA) is 117 Å². The number of nitrogen functional groups attached to an aromatic ring is 1. The van der Waals surface area contributed by atoms with Crippen LogP contribution in [0.15, 0.2) is 35.1 Å². The molecule has 1 aromatic carbocycles. The van der Waals surface area contributed by atoms with E-state index in [2.05, 4.69) is 20.2 Å². The molecule has 3 N–H and O–H groups in total. The lowest BCUT2D eigenvalue weighted by atomic mass is 10.0. The summed E-state index contributed by atoms with van der Waals surface area (Å²) in [5.74, 6) is 0.592. The number of rotatable bonds is 2. The van der Waals surface area contributed by atoms with Gasteiger partial charge in [-0.15, -0.1) is 0 Å². The summed E-state index contributed by atoms with van der Waals surface area (Å²) in [6.45, 7) is 1.89. The van der Waals surface area contributed by atoms with Gasteiger partial charge in [-0.25, -0.2) is 9.97 Å². The average molecular weight is 351 g/mol. The van der Waals surface area contributed by atoms with Crippen LogP contribution in [0.25, 0.3) is 33.6 Å². The van der Waals surface area contributed by atoms with Crippen LogP contribution in [0, 0.1) is 18.3 Å². The fourth-order valence-electron chi connectivity index (χ4n) is 2.66. The number of nitrogens with zero attached hydrogens (tertiary/aromatic N) is 4. The highest BCUT2D eigenvalue weighted by atomic mass is 35.5. The van der Waals surface area contributed by atoms with Crippen LogP contribution in [0.5, 0.6) is 0 Å². The largest absolute Gasteiger partial charge is 0.462 e. The highest BCUT2D eigenvalue weighted by Gasteiger charge is 2.20. The molecule has 0 saturated heterocycles. The molecule has 0 bridgehead atoms. The Kier molecular flexibility index (Phi) is 3.41. The molecular weight excluding hydrogens is 340 g/mol. The first-order valence-corrected chi connectivity index (χ1v) is 7.71. The van der Waals surface area contributed by atoms with Gasteiger partial charge in [0.1, 0.15) is 17.5 Å². The van der Waals surface area contributed by atoms with E-state index in [-0.39, 0.29) is 11.5 Å². The highest BCUT2D eigenvalue weighted by Crippen LogP contribution is 2.36. The van der Waals surface area contributed by atoms with Gasteiger partial charge in [-0.3, -0.25) is 5.10 Å². The Bertz CT molecular complexity index is 1150. The van der Waals surface area contributed by atoms with Crippen molar-refractivity contribution < 1.29 is 4.42 Å². The monoisotopic (exact) mass is 350 g/mol. The maximum atomic E-state index is 9.26. The van der Waals surface area contributed by atoms with Crippen molar-refractivity contribution in [2.24, 2.45) is 0 Å². The summed E-state index contributed by atoms with van der Waals surface area (Å²) in [6, 6.07) is 7.39. The summed E-state index contributed by atoms with van der Waals surface area (Å²) in [4.78, 5) is 8.75. The molecule has 0 aliphatic carbocycles. The Morgan fingerprint density at radius 1 is 1.28 bits per heavy atom. The molecule has 8 heteroatoms. The van der Waals surface area contributed by atoms with E-state index >= 15 is 0 Å². The van der Waals surface area contributed by atoms with Crippen LogP contribution < -0.4 is 5.73 Å². The minimum absolute atomic E-state index is 0.0476. The number of nitriles is 1. The summed E-state index contributed by atoms with van der Waals surface area (Å²) in [5, 5.41) is 17.4. The molecule has 0 atom stereocenters. The molecule has 122 valence electrons. The number of fused-ring (bicyclic) bond motifs is 1. The fourth-order valence-corrected chi connectivity index (χ4v) is 2.93. The van der Waals surface area contributed by atoms with Gasteiger partial charge in [0.2, 0.25) is 0 Å². The van der Waals surface area contributed by atoms with Crippen LogP contribution in [0.4, 0.5) is 5.82 Å². The predicted molar refractivity (Wildman–Crippen MR) is 93.7 cm³/mol. The number of aryl methyl sites for hydroxylation is 1. The summed E-state index contributed by atoms with van der Waals surface area (Å²) in [6.07, 6.45) is 3.23. The average Bonchev–Trinajstić information content (AvgIpc) is 3.23. The Labute approximate surface area is 147 Å². The molecule has 0 amide bonds. The molecule has 3 heterocycles. The standard InChI is InChI=1S/C17H11ClN6O/c1-8-2-3-25-16(8)15-14(22-12(6-19)17(20)23-15)9-4-10-7-21-24-13(10)11(18)5-9/h2-5,7H,1H3,(H2,20,23)(H,21,24). The molecule has 4 rings (SSSR count). The van der Waals surface area contributed by atoms with Crippen molar-refractivity contribution in [3.63, 3.8) is 0 Å². The number of hydrogen-bond donors (Lipinski definition) is 2. The van der Waals surface area contributed by atoms with Crippen molar-refractivity contribution in [1.82, 2.24) is 20.2 Å². The van der Waals surface area contributed by atoms with Crippen molar-refractivity contribution in [1.29, 1.82) is 5.26 Å². The molecule has 7 nitrogen and oxygen atoms in total. The van der Waals surface area contributed by atoms with Gasteiger partial charge in [0.15, 0.2) is 17.3 Å². The number of anilines is 1. The third-order valence-electron chi connectivity index (χ3n) is 3.88. The van der Waals surface area contributed by atoms with Crippen LogP contribution in [-0.4, -0.2) is 20.2 Å². The summed E-state index contributed by atoms with van der Waals surface area (Å²) < 4.78 is 5.55. The molecule has 4 aromatic rings. The van der Waals surface area contributed by atoms with E-state index < -0.39 is 0 Å². The molecule has 25 heavy (non-hydrogen) atoms. The lowest BCUT2D eigenvalue weighted by Gasteiger charge is -2.10. The van der Waals surface area contributed by atoms with Crippen LogP contribution in [0.3, 0.4) is 0 Å². The number of furan rings is 1. The number of benzene rings is 1. The van der Waals surface area contributed by atoms with Crippen molar-refractivity contribution in [2.45, 2.75) is 6.92 Å². The predicted octanol–water partition coefficient (Wildman–Crippen LogP) is 3.70. The Morgan fingerprint density at radius 2 is 2.12 bits per heavy atom. The van der Waals surface area contributed by atoms with Crippen molar-refractivity contribution in [2.75, 3.05) is 5.73 Å². The second-order valence-electron chi connectivity index (χ2n) is 5.49. The van der Waals surface area contributed by atoms with Crippen molar-refractivity contribution in [3.05, 3.63) is 46.9 Å². The molecule has 3 aromatic heterocycles. The smallest absolute Gasteiger partial charge is 0.183 e. The van der Waals surface area contributed by atoms with Crippen molar-refractivity contribution >= 4 is 28.3 Å². The second-order valence-corrected chi connectivity index (χ2v) is 5.90. The molecule has 0 unspecified atom stereocenters. The number of nitrogens with one attached hydrogen (secondary N) is 1. The van der Waals surface area contributed by atoms with E-state index in [9.17, 15) is 5.26 Å². The van der Waals surface area contributed by atoms with E-state index in [1.165, 1.54) is 0 Å². The Morgan fingerprint density at radius 3 is 2.84 bits per heavy atom. The quantitative estimate of drug-likeness (QED) is 0.569. The molecule has 0 saturated carbocycles. The van der Waals surface area contributed by atoms with Gasteiger partial charge in [-0.1, -0.05) is 11.6 Å². The molecular formula is C17H11ClN6O. The van der Waals surface area contributed by atoms with Gasteiger partial charge in [0, 0.05) is 10.9 Å². The third kappa shape index (κ3) is 2.40. The minimum atomic E-state index is 0.0476. The zero-order valence-corrected chi connectivity index (χ0v) is 13.8. The molecule has 0 aliphatic heterocycles. The molecule has 0 fully saturated rings. The fraction of sp³-hybridized carbons (Fsp3) is 0.0588.